The molecule has 2 atom stereocenters. The fourth-order valence-electron chi connectivity index (χ4n) is 2.41. The van der Waals surface area contributed by atoms with Gasteiger partial charge < -0.3 is 10.3 Å². The van der Waals surface area contributed by atoms with Gasteiger partial charge in [-0.1, -0.05) is 11.2 Å². The van der Waals surface area contributed by atoms with Crippen LogP contribution in [0.2, 0.25) is 0 Å². The SMILES string of the molecule is N[C@H]1CC[C@@H](c2nc(Cc3ccccn3)no2)C1. The van der Waals surface area contributed by atoms with Crippen molar-refractivity contribution in [3.8, 4) is 0 Å². The summed E-state index contributed by atoms with van der Waals surface area (Å²) in [6.45, 7) is 0. The highest BCUT2D eigenvalue weighted by Gasteiger charge is 2.27. The maximum absolute atomic E-state index is 5.89. The number of rotatable bonds is 3. The first-order valence-corrected chi connectivity index (χ1v) is 6.29. The first-order chi connectivity index (χ1) is 8.81. The summed E-state index contributed by atoms with van der Waals surface area (Å²) in [6.07, 6.45) is 5.43. The van der Waals surface area contributed by atoms with Gasteiger partial charge in [0.25, 0.3) is 0 Å². The lowest BCUT2D eigenvalue weighted by Gasteiger charge is -2.01. The highest BCUT2D eigenvalue weighted by Crippen LogP contribution is 2.32. The van der Waals surface area contributed by atoms with Gasteiger partial charge >= 0.3 is 0 Å². The van der Waals surface area contributed by atoms with Crippen LogP contribution in [-0.2, 0) is 6.42 Å². The summed E-state index contributed by atoms with van der Waals surface area (Å²) in [6, 6.07) is 6.09. The lowest BCUT2D eigenvalue weighted by atomic mass is 10.1. The Morgan fingerprint density at radius 3 is 3.00 bits per heavy atom. The van der Waals surface area contributed by atoms with Crippen molar-refractivity contribution in [2.45, 2.75) is 37.6 Å². The molecule has 2 N–H and O–H groups in total. The number of aromatic nitrogens is 3. The fraction of sp³-hybridized carbons (Fsp3) is 0.462. The van der Waals surface area contributed by atoms with Crippen molar-refractivity contribution in [1.82, 2.24) is 15.1 Å². The summed E-state index contributed by atoms with van der Waals surface area (Å²) < 4.78 is 5.32. The van der Waals surface area contributed by atoms with Crippen molar-refractivity contribution < 1.29 is 4.52 Å². The number of hydrogen-bond donors (Lipinski definition) is 1. The highest BCUT2D eigenvalue weighted by molar-refractivity contribution is 5.10. The third kappa shape index (κ3) is 2.41. The molecule has 0 saturated heterocycles. The van der Waals surface area contributed by atoms with E-state index in [1.807, 2.05) is 18.2 Å². The molecule has 0 aliphatic heterocycles. The number of nitrogens with zero attached hydrogens (tertiary/aromatic N) is 3. The Balaban J connectivity index is 1.70. The van der Waals surface area contributed by atoms with Gasteiger partial charge in [-0.05, 0) is 31.4 Å². The molecule has 2 aromatic heterocycles. The Kier molecular flexibility index (Phi) is 3.06. The second-order valence-corrected chi connectivity index (χ2v) is 4.82. The number of hydrogen-bond acceptors (Lipinski definition) is 5. The molecule has 5 heteroatoms. The van der Waals surface area contributed by atoms with Crippen molar-refractivity contribution in [2.24, 2.45) is 5.73 Å². The first kappa shape index (κ1) is 11.3. The van der Waals surface area contributed by atoms with Gasteiger partial charge in [0.1, 0.15) is 0 Å². The molecule has 1 saturated carbocycles. The summed E-state index contributed by atoms with van der Waals surface area (Å²) in [5.41, 5.74) is 6.84. The minimum absolute atomic E-state index is 0.279. The summed E-state index contributed by atoms with van der Waals surface area (Å²) in [5, 5.41) is 4.01. The van der Waals surface area contributed by atoms with Crippen LogP contribution in [0.15, 0.2) is 28.9 Å². The minimum atomic E-state index is 0.279. The van der Waals surface area contributed by atoms with Crippen molar-refractivity contribution in [3.05, 3.63) is 41.8 Å². The van der Waals surface area contributed by atoms with E-state index in [4.69, 9.17) is 10.3 Å². The first-order valence-electron chi connectivity index (χ1n) is 6.29. The van der Waals surface area contributed by atoms with Gasteiger partial charge in [-0.25, -0.2) is 0 Å². The van der Waals surface area contributed by atoms with E-state index in [1.54, 1.807) is 6.20 Å². The molecule has 0 unspecified atom stereocenters. The maximum Gasteiger partial charge on any atom is 0.229 e. The average molecular weight is 244 g/mol. The molecule has 94 valence electrons. The zero-order valence-corrected chi connectivity index (χ0v) is 10.1. The quantitative estimate of drug-likeness (QED) is 0.888. The summed E-state index contributed by atoms with van der Waals surface area (Å²) in [5.74, 6) is 1.77. The Morgan fingerprint density at radius 2 is 2.28 bits per heavy atom. The van der Waals surface area contributed by atoms with E-state index in [0.29, 0.717) is 18.2 Å². The second kappa shape index (κ2) is 4.86. The van der Waals surface area contributed by atoms with E-state index in [-0.39, 0.29) is 6.04 Å². The van der Waals surface area contributed by atoms with Crippen LogP contribution in [-0.4, -0.2) is 21.2 Å². The zero-order valence-electron chi connectivity index (χ0n) is 10.1. The van der Waals surface area contributed by atoms with E-state index in [1.165, 1.54) is 0 Å². The maximum atomic E-state index is 5.89. The highest BCUT2D eigenvalue weighted by atomic mass is 16.5. The normalized spacial score (nSPS) is 23.4. The van der Waals surface area contributed by atoms with Crippen molar-refractivity contribution in [1.29, 1.82) is 0 Å². The molecular weight excluding hydrogens is 228 g/mol. The van der Waals surface area contributed by atoms with Gasteiger partial charge in [-0.2, -0.15) is 4.98 Å². The van der Waals surface area contributed by atoms with Crippen LogP contribution in [0.5, 0.6) is 0 Å². The lowest BCUT2D eigenvalue weighted by molar-refractivity contribution is 0.349. The summed E-state index contributed by atoms with van der Waals surface area (Å²) >= 11 is 0. The third-order valence-corrected chi connectivity index (χ3v) is 3.37. The molecule has 18 heavy (non-hydrogen) atoms. The summed E-state index contributed by atoms with van der Waals surface area (Å²) in [7, 11) is 0. The third-order valence-electron chi connectivity index (χ3n) is 3.37. The van der Waals surface area contributed by atoms with Crippen LogP contribution in [0.4, 0.5) is 0 Å². The number of nitrogens with two attached hydrogens (primary N) is 1. The van der Waals surface area contributed by atoms with Crippen LogP contribution < -0.4 is 5.73 Å². The van der Waals surface area contributed by atoms with Gasteiger partial charge in [-0.3, -0.25) is 4.98 Å². The summed E-state index contributed by atoms with van der Waals surface area (Å²) in [4.78, 5) is 8.70. The van der Waals surface area contributed by atoms with Gasteiger partial charge in [0.15, 0.2) is 5.82 Å². The molecule has 1 aliphatic carbocycles. The van der Waals surface area contributed by atoms with Crippen molar-refractivity contribution in [3.63, 3.8) is 0 Å². The van der Waals surface area contributed by atoms with E-state index >= 15 is 0 Å². The predicted molar refractivity (Wildman–Crippen MR) is 65.9 cm³/mol. The Morgan fingerprint density at radius 1 is 1.33 bits per heavy atom. The topological polar surface area (TPSA) is 77.8 Å². The van der Waals surface area contributed by atoms with Crippen molar-refractivity contribution >= 4 is 0 Å². The van der Waals surface area contributed by atoms with E-state index in [2.05, 4.69) is 15.1 Å². The van der Waals surface area contributed by atoms with Gasteiger partial charge in [0.2, 0.25) is 5.89 Å². The molecule has 0 bridgehead atoms. The zero-order chi connectivity index (χ0) is 12.4. The number of pyridine rings is 1. The monoisotopic (exact) mass is 244 g/mol. The average Bonchev–Trinajstić information content (AvgIpc) is 2.99. The predicted octanol–water partition coefficient (Wildman–Crippen LogP) is 1.65. The smallest absolute Gasteiger partial charge is 0.229 e. The standard InChI is InChI=1S/C13H16N4O/c14-10-5-4-9(7-10)13-16-12(17-18-13)8-11-3-1-2-6-15-11/h1-3,6,9-10H,4-5,7-8,14H2/t9-,10+/m1/s1. The molecule has 5 nitrogen and oxygen atoms in total. The molecule has 0 amide bonds. The molecule has 0 spiro atoms. The van der Waals surface area contributed by atoms with Gasteiger partial charge in [0, 0.05) is 23.9 Å². The molecule has 1 aliphatic rings. The Labute approximate surface area is 105 Å². The molecule has 0 radical (unpaired) electrons. The van der Waals surface area contributed by atoms with Crippen LogP contribution in [0.3, 0.4) is 0 Å². The minimum Gasteiger partial charge on any atom is -0.339 e. The largest absolute Gasteiger partial charge is 0.339 e. The molecule has 2 aromatic rings. The molecule has 1 fully saturated rings. The molecule has 0 aromatic carbocycles. The van der Waals surface area contributed by atoms with Crippen LogP contribution in [0, 0.1) is 0 Å². The molecular formula is C13H16N4O. The Bertz CT molecular complexity index is 511. The van der Waals surface area contributed by atoms with E-state index in [9.17, 15) is 0 Å². The van der Waals surface area contributed by atoms with E-state index < -0.39 is 0 Å². The van der Waals surface area contributed by atoms with Crippen LogP contribution >= 0.6 is 0 Å². The fourth-order valence-corrected chi connectivity index (χ4v) is 2.41. The lowest BCUT2D eigenvalue weighted by Crippen LogP contribution is -2.14. The van der Waals surface area contributed by atoms with Gasteiger partial charge in [-0.15, -0.1) is 0 Å². The molecule has 2 heterocycles. The van der Waals surface area contributed by atoms with Crippen LogP contribution in [0.25, 0.3) is 0 Å². The van der Waals surface area contributed by atoms with E-state index in [0.717, 1.165) is 30.8 Å². The second-order valence-electron chi connectivity index (χ2n) is 4.82. The van der Waals surface area contributed by atoms with Crippen LogP contribution in [0.1, 0.15) is 42.6 Å². The Hall–Kier alpha value is -1.75. The van der Waals surface area contributed by atoms with Gasteiger partial charge in [0.05, 0.1) is 6.42 Å². The molecule has 3 rings (SSSR count). The van der Waals surface area contributed by atoms with Crippen molar-refractivity contribution in [2.75, 3.05) is 0 Å².